The molecular formula is C17H24N6O2. The summed E-state index contributed by atoms with van der Waals surface area (Å²) in [4.78, 5) is 32.1. The summed E-state index contributed by atoms with van der Waals surface area (Å²) >= 11 is 0. The summed E-state index contributed by atoms with van der Waals surface area (Å²) in [6.07, 6.45) is 7.08. The molecule has 0 aliphatic carbocycles. The van der Waals surface area contributed by atoms with Crippen LogP contribution in [0.1, 0.15) is 29.7 Å². The Labute approximate surface area is 147 Å². The van der Waals surface area contributed by atoms with Gasteiger partial charge in [-0.25, -0.2) is 4.98 Å². The van der Waals surface area contributed by atoms with E-state index in [1.807, 2.05) is 38.1 Å². The van der Waals surface area contributed by atoms with Gasteiger partial charge in [-0.3, -0.25) is 9.59 Å². The predicted octanol–water partition coefficient (Wildman–Crippen LogP) is 0.582. The van der Waals surface area contributed by atoms with E-state index < -0.39 is 5.91 Å². The van der Waals surface area contributed by atoms with Gasteiger partial charge in [0.2, 0.25) is 5.91 Å². The number of allylic oxidation sites excluding steroid dienone is 2. The number of nitrogens with zero attached hydrogens (tertiary/aromatic N) is 3. The summed E-state index contributed by atoms with van der Waals surface area (Å²) in [5.74, 6) is -0.339. The Hall–Kier alpha value is -2.92. The van der Waals surface area contributed by atoms with Gasteiger partial charge in [0, 0.05) is 25.8 Å². The number of nitriles is 1. The highest BCUT2D eigenvalue weighted by Crippen LogP contribution is 2.03. The van der Waals surface area contributed by atoms with Crippen LogP contribution in [0, 0.1) is 11.3 Å². The Morgan fingerprint density at radius 2 is 2.16 bits per heavy atom. The topological polar surface area (TPSA) is 114 Å². The largest absolute Gasteiger partial charge is 0.355 e. The second-order valence-electron chi connectivity index (χ2n) is 5.55. The number of aromatic amines is 1. The molecule has 2 amide bonds. The first-order valence-corrected chi connectivity index (χ1v) is 7.93. The van der Waals surface area contributed by atoms with E-state index in [9.17, 15) is 9.59 Å². The van der Waals surface area contributed by atoms with Crippen molar-refractivity contribution in [1.82, 2.24) is 25.5 Å². The summed E-state index contributed by atoms with van der Waals surface area (Å²) < 4.78 is 0. The van der Waals surface area contributed by atoms with Crippen molar-refractivity contribution in [2.45, 2.75) is 13.3 Å². The van der Waals surface area contributed by atoms with Gasteiger partial charge in [0.15, 0.2) is 11.5 Å². The molecule has 1 heterocycles. The average molecular weight is 344 g/mol. The van der Waals surface area contributed by atoms with Gasteiger partial charge in [0.05, 0.1) is 6.42 Å². The lowest BCUT2D eigenvalue weighted by Crippen LogP contribution is -2.31. The quantitative estimate of drug-likeness (QED) is 0.567. The van der Waals surface area contributed by atoms with Gasteiger partial charge < -0.3 is 20.5 Å². The lowest BCUT2D eigenvalue weighted by Gasteiger charge is -2.10. The fourth-order valence-corrected chi connectivity index (χ4v) is 1.86. The van der Waals surface area contributed by atoms with Crippen molar-refractivity contribution in [3.05, 3.63) is 41.5 Å². The van der Waals surface area contributed by atoms with Gasteiger partial charge in [-0.05, 0) is 26.6 Å². The third kappa shape index (κ3) is 7.94. The molecule has 1 rings (SSSR count). The molecule has 0 spiro atoms. The molecule has 1 aromatic heterocycles. The molecule has 0 atom stereocenters. The van der Waals surface area contributed by atoms with Crippen molar-refractivity contribution in [3.8, 4) is 6.07 Å². The minimum absolute atomic E-state index is 0.0387. The van der Waals surface area contributed by atoms with Crippen LogP contribution in [0.15, 0.2) is 30.0 Å². The Bertz CT molecular complexity index is 682. The molecule has 0 bridgehead atoms. The van der Waals surface area contributed by atoms with Crippen molar-refractivity contribution >= 4 is 11.8 Å². The van der Waals surface area contributed by atoms with Gasteiger partial charge in [0.25, 0.3) is 5.91 Å². The van der Waals surface area contributed by atoms with Crippen molar-refractivity contribution in [2.24, 2.45) is 0 Å². The van der Waals surface area contributed by atoms with Crippen LogP contribution in [-0.2, 0) is 4.79 Å². The van der Waals surface area contributed by atoms with E-state index in [4.69, 9.17) is 5.26 Å². The zero-order valence-electron chi connectivity index (χ0n) is 14.8. The van der Waals surface area contributed by atoms with E-state index in [-0.39, 0.29) is 23.8 Å². The number of H-pyrrole nitrogens is 1. The maximum Gasteiger partial charge on any atom is 0.287 e. The van der Waals surface area contributed by atoms with Crippen LogP contribution >= 0.6 is 0 Å². The maximum atomic E-state index is 11.8. The molecular weight excluding hydrogens is 320 g/mol. The minimum atomic E-state index is -0.394. The minimum Gasteiger partial charge on any atom is -0.355 e. The second kappa shape index (κ2) is 10.8. The SMILES string of the molecule is C/C=C(\C=C/CNC(=O)c1nc(C#N)c[nH]1)CC(=O)NCCN(C)C. The highest BCUT2D eigenvalue weighted by molar-refractivity contribution is 5.90. The molecule has 0 radical (unpaired) electrons. The molecule has 0 saturated carbocycles. The van der Waals surface area contributed by atoms with Crippen molar-refractivity contribution < 1.29 is 9.59 Å². The van der Waals surface area contributed by atoms with Gasteiger partial charge in [-0.1, -0.05) is 18.2 Å². The molecule has 0 aliphatic heterocycles. The van der Waals surface area contributed by atoms with Crippen LogP contribution in [-0.4, -0.2) is 60.4 Å². The molecule has 1 aromatic rings. The summed E-state index contributed by atoms with van der Waals surface area (Å²) in [6, 6.07) is 1.85. The van der Waals surface area contributed by atoms with E-state index in [2.05, 4.69) is 20.6 Å². The number of carbonyl (C=O) groups is 2. The van der Waals surface area contributed by atoms with E-state index >= 15 is 0 Å². The summed E-state index contributed by atoms with van der Waals surface area (Å²) in [6.45, 7) is 3.55. The van der Waals surface area contributed by atoms with Gasteiger partial charge in [-0.15, -0.1) is 0 Å². The number of rotatable bonds is 9. The normalized spacial score (nSPS) is 11.6. The monoisotopic (exact) mass is 344 g/mol. The average Bonchev–Trinajstić information content (AvgIpc) is 3.06. The van der Waals surface area contributed by atoms with Gasteiger partial charge >= 0.3 is 0 Å². The Balaban J connectivity index is 2.36. The Morgan fingerprint density at radius 3 is 2.76 bits per heavy atom. The molecule has 0 aromatic carbocycles. The number of imidazole rings is 1. The molecule has 134 valence electrons. The lowest BCUT2D eigenvalue weighted by molar-refractivity contribution is -0.120. The van der Waals surface area contributed by atoms with Crippen LogP contribution in [0.25, 0.3) is 0 Å². The summed E-state index contributed by atoms with van der Waals surface area (Å²) in [5, 5.41) is 14.2. The fourth-order valence-electron chi connectivity index (χ4n) is 1.86. The third-order valence-electron chi connectivity index (χ3n) is 3.24. The molecule has 0 unspecified atom stereocenters. The number of hydrogen-bond donors (Lipinski definition) is 3. The highest BCUT2D eigenvalue weighted by Gasteiger charge is 2.08. The number of likely N-dealkylation sites (N-methyl/N-ethyl adjacent to an activating group) is 1. The van der Waals surface area contributed by atoms with Crippen molar-refractivity contribution in [3.63, 3.8) is 0 Å². The molecule has 25 heavy (non-hydrogen) atoms. The zero-order valence-corrected chi connectivity index (χ0v) is 14.8. The van der Waals surface area contributed by atoms with Gasteiger partial charge in [-0.2, -0.15) is 5.26 Å². The first kappa shape index (κ1) is 20.1. The van der Waals surface area contributed by atoms with E-state index in [1.165, 1.54) is 6.20 Å². The highest BCUT2D eigenvalue weighted by atomic mass is 16.2. The van der Waals surface area contributed by atoms with E-state index in [1.54, 1.807) is 12.2 Å². The number of hydrogen-bond acceptors (Lipinski definition) is 5. The standard InChI is InChI=1S/C17H24N6O2/c1-4-13(10-15(24)19-8-9-23(2)3)6-5-7-20-17(25)16-21-12-14(11-18)22-16/h4-6,12H,7-10H2,1-3H3,(H,19,24)(H,20,25)(H,21,22)/b6-5-,13-4+. The number of carbonyl (C=O) groups excluding carboxylic acids is 2. The second-order valence-corrected chi connectivity index (χ2v) is 5.55. The number of aromatic nitrogens is 2. The van der Waals surface area contributed by atoms with Crippen molar-refractivity contribution in [2.75, 3.05) is 33.7 Å². The number of amides is 2. The molecule has 8 nitrogen and oxygen atoms in total. The number of nitrogens with one attached hydrogen (secondary N) is 3. The smallest absolute Gasteiger partial charge is 0.287 e. The van der Waals surface area contributed by atoms with Crippen molar-refractivity contribution in [1.29, 1.82) is 5.26 Å². The maximum absolute atomic E-state index is 11.8. The summed E-state index contributed by atoms with van der Waals surface area (Å²) in [5.41, 5.74) is 1.03. The summed E-state index contributed by atoms with van der Waals surface area (Å²) in [7, 11) is 3.90. The fraction of sp³-hybridized carbons (Fsp3) is 0.412. The van der Waals surface area contributed by atoms with E-state index in [0.29, 0.717) is 13.1 Å². The van der Waals surface area contributed by atoms with Gasteiger partial charge in [0.1, 0.15) is 6.07 Å². The third-order valence-corrected chi connectivity index (χ3v) is 3.24. The van der Waals surface area contributed by atoms with E-state index in [0.717, 1.165) is 12.1 Å². The first-order chi connectivity index (χ1) is 12.0. The van der Waals surface area contributed by atoms with Crippen LogP contribution in [0.3, 0.4) is 0 Å². The van der Waals surface area contributed by atoms with Crippen LogP contribution < -0.4 is 10.6 Å². The Kier molecular flexibility index (Phi) is 8.68. The van der Waals surface area contributed by atoms with Crippen LogP contribution in [0.2, 0.25) is 0 Å². The van der Waals surface area contributed by atoms with Crippen LogP contribution in [0.4, 0.5) is 0 Å². The molecule has 3 N–H and O–H groups in total. The molecule has 0 saturated heterocycles. The molecule has 0 aliphatic rings. The lowest BCUT2D eigenvalue weighted by atomic mass is 10.1. The first-order valence-electron chi connectivity index (χ1n) is 7.93. The van der Waals surface area contributed by atoms with Crippen LogP contribution in [0.5, 0.6) is 0 Å². The molecule has 0 fully saturated rings. The zero-order chi connectivity index (χ0) is 18.7. The Morgan fingerprint density at radius 1 is 1.40 bits per heavy atom. The predicted molar refractivity (Wildman–Crippen MR) is 94.7 cm³/mol. The molecule has 8 heteroatoms.